The molecule has 1 aliphatic rings. The highest BCUT2D eigenvalue weighted by molar-refractivity contribution is 7.93. The zero-order valence-corrected chi connectivity index (χ0v) is 19.8. The Morgan fingerprint density at radius 3 is 2.47 bits per heavy atom. The fraction of sp³-hybridized carbons (Fsp3) is 0.333. The monoisotopic (exact) mass is 485 g/mol. The van der Waals surface area contributed by atoms with Crippen molar-refractivity contribution in [3.8, 4) is 5.69 Å². The van der Waals surface area contributed by atoms with Crippen LogP contribution in [0.15, 0.2) is 54.9 Å². The summed E-state index contributed by atoms with van der Waals surface area (Å²) in [4.78, 5) is 18.6. The first kappa shape index (κ1) is 23.7. The minimum absolute atomic E-state index is 0.0129. The lowest BCUT2D eigenvalue weighted by molar-refractivity contribution is -0.118. The smallest absolute Gasteiger partial charge is 0.241 e. The SMILES string of the molecule is Cc1nccn1-c1ccc(CNC(=O)CS(=O)(=O)Nc2ccc(N3CCCCC3)cc2)cc1F. The number of rotatable bonds is 8. The van der Waals surface area contributed by atoms with Crippen molar-refractivity contribution in [2.75, 3.05) is 28.5 Å². The van der Waals surface area contributed by atoms with Crippen LogP contribution in [0.4, 0.5) is 15.8 Å². The Labute approximate surface area is 198 Å². The third kappa shape index (κ3) is 5.93. The van der Waals surface area contributed by atoms with Crippen LogP contribution in [0.25, 0.3) is 5.69 Å². The molecule has 10 heteroatoms. The van der Waals surface area contributed by atoms with Crippen molar-refractivity contribution in [2.24, 2.45) is 0 Å². The molecule has 3 aromatic rings. The first-order valence-corrected chi connectivity index (χ1v) is 12.9. The van der Waals surface area contributed by atoms with Gasteiger partial charge < -0.3 is 14.8 Å². The van der Waals surface area contributed by atoms with Crippen LogP contribution in [0.1, 0.15) is 30.7 Å². The molecule has 1 fully saturated rings. The summed E-state index contributed by atoms with van der Waals surface area (Å²) in [6.45, 7) is 3.78. The summed E-state index contributed by atoms with van der Waals surface area (Å²) in [5, 5.41) is 2.54. The van der Waals surface area contributed by atoms with E-state index in [1.165, 1.54) is 12.5 Å². The molecule has 0 aliphatic carbocycles. The number of sulfonamides is 1. The number of carbonyl (C=O) groups excluding carboxylic acids is 1. The van der Waals surface area contributed by atoms with Crippen molar-refractivity contribution >= 4 is 27.3 Å². The van der Waals surface area contributed by atoms with Crippen LogP contribution in [0.5, 0.6) is 0 Å². The van der Waals surface area contributed by atoms with Gasteiger partial charge in [0.25, 0.3) is 0 Å². The number of hydrogen-bond acceptors (Lipinski definition) is 5. The molecular formula is C24H28FN5O3S. The summed E-state index contributed by atoms with van der Waals surface area (Å²) in [6.07, 6.45) is 6.80. The van der Waals surface area contributed by atoms with Gasteiger partial charge in [0.2, 0.25) is 15.9 Å². The topological polar surface area (TPSA) is 96.3 Å². The Hall–Kier alpha value is -3.40. The summed E-state index contributed by atoms with van der Waals surface area (Å²) < 4.78 is 43.4. The number of aryl methyl sites for hydroxylation is 1. The summed E-state index contributed by atoms with van der Waals surface area (Å²) in [6, 6.07) is 11.7. The van der Waals surface area contributed by atoms with Gasteiger partial charge in [-0.05, 0) is 68.1 Å². The first-order valence-electron chi connectivity index (χ1n) is 11.2. The summed E-state index contributed by atoms with van der Waals surface area (Å²) in [5.74, 6) is -1.21. The Balaban J connectivity index is 1.30. The Bertz CT molecular complexity index is 1250. The summed E-state index contributed by atoms with van der Waals surface area (Å²) in [7, 11) is -3.89. The van der Waals surface area contributed by atoms with Gasteiger partial charge in [0.1, 0.15) is 17.4 Å². The van der Waals surface area contributed by atoms with E-state index in [1.807, 2.05) is 12.1 Å². The lowest BCUT2D eigenvalue weighted by Crippen LogP contribution is -2.32. The predicted octanol–water partition coefficient (Wildman–Crippen LogP) is 3.37. The summed E-state index contributed by atoms with van der Waals surface area (Å²) in [5.41, 5.74) is 2.33. The van der Waals surface area contributed by atoms with Gasteiger partial charge in [-0.3, -0.25) is 9.52 Å². The molecule has 2 heterocycles. The molecule has 0 bridgehead atoms. The Kier molecular flexibility index (Phi) is 7.16. The van der Waals surface area contributed by atoms with Gasteiger partial charge in [0.15, 0.2) is 0 Å². The van der Waals surface area contributed by atoms with E-state index in [2.05, 4.69) is 19.9 Å². The molecule has 4 rings (SSSR count). The van der Waals surface area contributed by atoms with Gasteiger partial charge in [-0.2, -0.15) is 0 Å². The quantitative estimate of drug-likeness (QED) is 0.510. The van der Waals surface area contributed by atoms with Crippen LogP contribution >= 0.6 is 0 Å². The number of hydrogen-bond donors (Lipinski definition) is 2. The van der Waals surface area contributed by atoms with E-state index in [1.54, 1.807) is 48.1 Å². The normalized spacial score (nSPS) is 14.1. The average molecular weight is 486 g/mol. The third-order valence-corrected chi connectivity index (χ3v) is 6.96. The summed E-state index contributed by atoms with van der Waals surface area (Å²) >= 11 is 0. The average Bonchev–Trinajstić information content (AvgIpc) is 3.24. The molecule has 1 aliphatic heterocycles. The molecular weight excluding hydrogens is 457 g/mol. The largest absolute Gasteiger partial charge is 0.372 e. The van der Waals surface area contributed by atoms with E-state index in [9.17, 15) is 17.6 Å². The predicted molar refractivity (Wildman–Crippen MR) is 130 cm³/mol. The number of anilines is 2. The number of imidazole rings is 1. The third-order valence-electron chi connectivity index (χ3n) is 5.77. The highest BCUT2D eigenvalue weighted by Gasteiger charge is 2.17. The molecule has 0 radical (unpaired) electrons. The maximum absolute atomic E-state index is 14.5. The fourth-order valence-corrected chi connectivity index (χ4v) is 5.04. The van der Waals surface area contributed by atoms with Crippen LogP contribution in [0.3, 0.4) is 0 Å². The number of nitrogens with one attached hydrogen (secondary N) is 2. The van der Waals surface area contributed by atoms with Gasteiger partial charge in [-0.1, -0.05) is 6.07 Å². The minimum atomic E-state index is -3.89. The standard InChI is InChI=1S/C24H28FN5O3S/c1-18-26-11-14-30(18)23-10-5-19(15-22(23)25)16-27-24(31)17-34(32,33)28-20-6-8-21(9-7-20)29-12-3-2-4-13-29/h5-11,14-15,28H,2-4,12-13,16-17H2,1H3,(H,27,31). The second-order valence-electron chi connectivity index (χ2n) is 8.36. The van der Waals surface area contributed by atoms with Crippen molar-refractivity contribution in [3.05, 3.63) is 72.1 Å². The molecule has 1 saturated heterocycles. The van der Waals surface area contributed by atoms with E-state index in [0.717, 1.165) is 31.6 Å². The number of halogens is 1. The van der Waals surface area contributed by atoms with Crippen molar-refractivity contribution in [3.63, 3.8) is 0 Å². The van der Waals surface area contributed by atoms with Gasteiger partial charge in [0.05, 0.1) is 5.69 Å². The molecule has 2 N–H and O–H groups in total. The van der Waals surface area contributed by atoms with Crippen LogP contribution in [0.2, 0.25) is 0 Å². The maximum atomic E-state index is 14.5. The van der Waals surface area contributed by atoms with Crippen LogP contribution in [-0.4, -0.2) is 42.7 Å². The minimum Gasteiger partial charge on any atom is -0.372 e. The van der Waals surface area contributed by atoms with Gasteiger partial charge in [-0.15, -0.1) is 0 Å². The number of benzene rings is 2. The van der Waals surface area contributed by atoms with E-state index in [0.29, 0.717) is 22.8 Å². The second kappa shape index (κ2) is 10.3. The number of carbonyl (C=O) groups is 1. The molecule has 1 amide bonds. The van der Waals surface area contributed by atoms with Gasteiger partial charge in [0, 0.05) is 43.4 Å². The molecule has 180 valence electrons. The van der Waals surface area contributed by atoms with Gasteiger partial charge in [-0.25, -0.2) is 17.8 Å². The number of aromatic nitrogens is 2. The molecule has 0 atom stereocenters. The van der Waals surface area contributed by atoms with Gasteiger partial charge >= 0.3 is 0 Å². The second-order valence-corrected chi connectivity index (χ2v) is 10.1. The molecule has 34 heavy (non-hydrogen) atoms. The fourth-order valence-electron chi connectivity index (χ4n) is 4.02. The van der Waals surface area contributed by atoms with Crippen LogP contribution < -0.4 is 14.9 Å². The van der Waals surface area contributed by atoms with Crippen LogP contribution in [-0.2, 0) is 21.4 Å². The number of nitrogens with zero attached hydrogens (tertiary/aromatic N) is 3. The molecule has 0 spiro atoms. The van der Waals surface area contributed by atoms with E-state index < -0.39 is 27.5 Å². The first-order chi connectivity index (χ1) is 16.3. The zero-order valence-electron chi connectivity index (χ0n) is 19.0. The van der Waals surface area contributed by atoms with Crippen molar-refractivity contribution < 1.29 is 17.6 Å². The van der Waals surface area contributed by atoms with Crippen molar-refractivity contribution in [1.82, 2.24) is 14.9 Å². The lowest BCUT2D eigenvalue weighted by Gasteiger charge is -2.28. The maximum Gasteiger partial charge on any atom is 0.241 e. The molecule has 2 aromatic carbocycles. The molecule has 0 saturated carbocycles. The van der Waals surface area contributed by atoms with Crippen molar-refractivity contribution in [1.29, 1.82) is 0 Å². The highest BCUT2D eigenvalue weighted by atomic mass is 32.2. The van der Waals surface area contributed by atoms with E-state index in [-0.39, 0.29) is 6.54 Å². The molecule has 0 unspecified atom stereocenters. The Morgan fingerprint density at radius 1 is 1.09 bits per heavy atom. The highest BCUT2D eigenvalue weighted by Crippen LogP contribution is 2.22. The Morgan fingerprint density at radius 2 is 1.82 bits per heavy atom. The molecule has 8 nitrogen and oxygen atoms in total. The number of piperidine rings is 1. The number of amides is 1. The van der Waals surface area contributed by atoms with E-state index in [4.69, 9.17) is 0 Å². The van der Waals surface area contributed by atoms with Crippen molar-refractivity contribution in [2.45, 2.75) is 32.7 Å². The molecule has 1 aromatic heterocycles. The zero-order chi connectivity index (χ0) is 24.1. The lowest BCUT2D eigenvalue weighted by atomic mass is 10.1. The van der Waals surface area contributed by atoms with Crippen LogP contribution in [0, 0.1) is 12.7 Å². The van der Waals surface area contributed by atoms with E-state index >= 15 is 0 Å².